The molecule has 1 saturated heterocycles. The fourth-order valence-corrected chi connectivity index (χ4v) is 6.78. The van der Waals surface area contributed by atoms with Gasteiger partial charge in [-0.1, -0.05) is 152 Å². The molecule has 0 saturated carbocycles. The Morgan fingerprint density at radius 3 is 1.45 bits per heavy atom. The highest BCUT2D eigenvalue weighted by Gasteiger charge is 2.49. The van der Waals surface area contributed by atoms with Crippen LogP contribution >= 0.6 is 0 Å². The highest BCUT2D eigenvalue weighted by molar-refractivity contribution is 5.88. The maximum absolute atomic E-state index is 14.2. The van der Waals surface area contributed by atoms with Crippen molar-refractivity contribution < 1.29 is 47.5 Å². The number of benzene rings is 5. The Balaban J connectivity index is 1.29. The lowest BCUT2D eigenvalue weighted by Gasteiger charge is -2.46. The lowest BCUT2D eigenvalue weighted by molar-refractivity contribution is -0.277. The van der Waals surface area contributed by atoms with Crippen molar-refractivity contribution in [2.24, 2.45) is 0 Å². The molecule has 6 atom stereocenters. The van der Waals surface area contributed by atoms with Crippen molar-refractivity contribution in [3.8, 4) is 0 Å². The van der Waals surface area contributed by atoms with E-state index in [1.165, 1.54) is 0 Å². The largest absolute Gasteiger partial charge is 0.459 e. The van der Waals surface area contributed by atoms with Crippen LogP contribution in [0.5, 0.6) is 0 Å². The number of carbonyl (C=O) groups is 3. The smallest absolute Gasteiger partial charge is 0.408 e. The van der Waals surface area contributed by atoms with Crippen molar-refractivity contribution >= 4 is 18.0 Å². The van der Waals surface area contributed by atoms with Gasteiger partial charge in [0, 0.05) is 0 Å². The minimum Gasteiger partial charge on any atom is -0.459 e. The van der Waals surface area contributed by atoms with Gasteiger partial charge in [-0.15, -0.1) is 0 Å². The van der Waals surface area contributed by atoms with Crippen LogP contribution in [0.2, 0.25) is 0 Å². The van der Waals surface area contributed by atoms with Crippen LogP contribution in [0.3, 0.4) is 0 Å². The van der Waals surface area contributed by atoms with Crippen LogP contribution in [-0.4, -0.2) is 66.9 Å². The molecule has 0 bridgehead atoms. The Hall–Kier alpha value is -5.89. The molecule has 12 heteroatoms. The summed E-state index contributed by atoms with van der Waals surface area (Å²) in [5.41, 5.74) is 3.59. The zero-order valence-corrected chi connectivity index (χ0v) is 35.4. The fraction of sp³-hybridized carbons (Fsp3) is 0.340. The number of hydrogen-bond acceptors (Lipinski definition) is 10. The van der Waals surface area contributed by atoms with Crippen molar-refractivity contribution in [2.75, 3.05) is 6.61 Å². The molecule has 1 heterocycles. The van der Waals surface area contributed by atoms with Crippen molar-refractivity contribution in [1.82, 2.24) is 10.6 Å². The fourth-order valence-electron chi connectivity index (χ4n) is 6.78. The van der Waals surface area contributed by atoms with E-state index in [0.717, 1.165) is 27.8 Å². The Morgan fingerprint density at radius 1 is 0.565 bits per heavy atom. The summed E-state index contributed by atoms with van der Waals surface area (Å²) in [6.45, 7) is 6.01. The Bertz CT molecular complexity index is 2090. The molecule has 5 aromatic carbocycles. The van der Waals surface area contributed by atoms with E-state index in [4.69, 9.17) is 33.2 Å². The first kappa shape index (κ1) is 45.6. The maximum atomic E-state index is 14.2. The number of alkyl carbamates (subject to hydrolysis) is 1. The summed E-state index contributed by atoms with van der Waals surface area (Å²) in [7, 11) is 0. The molecule has 2 N–H and O–H groups in total. The SMILES string of the molecule is CC(C)(C)OC(=O)N[C@@H](CC(=O)N[C@H]1O[C@H](COCc2ccccc2)[C@@H](OCc2ccccc2)[C@H](OCc2ccccc2)[C@H]1OCc1ccccc1)C(=O)OCc1ccccc1. The highest BCUT2D eigenvalue weighted by atomic mass is 16.6. The van der Waals surface area contributed by atoms with E-state index in [2.05, 4.69) is 10.6 Å². The predicted octanol–water partition coefficient (Wildman–Crippen LogP) is 7.83. The van der Waals surface area contributed by atoms with Gasteiger partial charge in [0.1, 0.15) is 42.7 Å². The van der Waals surface area contributed by atoms with Gasteiger partial charge in [0.05, 0.1) is 39.5 Å². The molecule has 0 radical (unpaired) electrons. The normalized spacial score (nSPS) is 19.2. The Morgan fingerprint density at radius 2 is 0.984 bits per heavy atom. The van der Waals surface area contributed by atoms with Crippen LogP contribution in [0.25, 0.3) is 0 Å². The maximum Gasteiger partial charge on any atom is 0.408 e. The summed E-state index contributed by atoms with van der Waals surface area (Å²) in [6, 6.07) is 46.6. The van der Waals surface area contributed by atoms with E-state index < -0.39 is 66.7 Å². The third-order valence-corrected chi connectivity index (χ3v) is 9.78. The van der Waals surface area contributed by atoms with Crippen molar-refractivity contribution in [2.45, 2.75) is 103 Å². The lowest BCUT2D eigenvalue weighted by atomic mass is 9.96. The topological polar surface area (TPSA) is 140 Å². The summed E-state index contributed by atoms with van der Waals surface area (Å²) < 4.78 is 44.3. The first-order valence-corrected chi connectivity index (χ1v) is 20.8. The van der Waals surface area contributed by atoms with Crippen LogP contribution in [-0.2, 0) is 75.8 Å². The van der Waals surface area contributed by atoms with Crippen LogP contribution in [0.4, 0.5) is 4.79 Å². The zero-order valence-electron chi connectivity index (χ0n) is 35.4. The van der Waals surface area contributed by atoms with Gasteiger partial charge in [0.15, 0.2) is 6.23 Å². The average Bonchev–Trinajstić information content (AvgIpc) is 3.27. The summed E-state index contributed by atoms with van der Waals surface area (Å²) in [5, 5.41) is 5.51. The third kappa shape index (κ3) is 14.9. The molecule has 1 aliphatic heterocycles. The summed E-state index contributed by atoms with van der Waals surface area (Å²) in [6.07, 6.45) is -5.76. The van der Waals surface area contributed by atoms with Crippen LogP contribution in [0.15, 0.2) is 152 Å². The number of carbonyl (C=O) groups excluding carboxylic acids is 3. The predicted molar refractivity (Wildman–Crippen MR) is 232 cm³/mol. The van der Waals surface area contributed by atoms with Gasteiger partial charge in [0.25, 0.3) is 0 Å². The van der Waals surface area contributed by atoms with E-state index in [9.17, 15) is 14.4 Å². The second-order valence-electron chi connectivity index (χ2n) is 15.9. The second kappa shape index (κ2) is 23.4. The van der Waals surface area contributed by atoms with Gasteiger partial charge in [-0.25, -0.2) is 9.59 Å². The molecule has 326 valence electrons. The molecule has 0 aliphatic carbocycles. The number of ether oxygens (including phenoxy) is 7. The van der Waals surface area contributed by atoms with Gasteiger partial charge >= 0.3 is 12.1 Å². The summed E-state index contributed by atoms with van der Waals surface area (Å²) in [5.74, 6) is -1.45. The number of rotatable bonds is 20. The van der Waals surface area contributed by atoms with Gasteiger partial charge < -0.3 is 43.8 Å². The molecule has 0 unspecified atom stereocenters. The van der Waals surface area contributed by atoms with Crippen molar-refractivity contribution in [3.63, 3.8) is 0 Å². The third-order valence-electron chi connectivity index (χ3n) is 9.78. The minimum absolute atomic E-state index is 0.0651. The molecular formula is C50H56N2O10. The molecular weight excluding hydrogens is 789 g/mol. The zero-order chi connectivity index (χ0) is 43.6. The van der Waals surface area contributed by atoms with E-state index in [-0.39, 0.29) is 33.0 Å². The van der Waals surface area contributed by atoms with Gasteiger partial charge in [-0.3, -0.25) is 4.79 Å². The number of nitrogens with one attached hydrogen (secondary N) is 2. The number of esters is 1. The Kier molecular flexibility index (Phi) is 17.2. The monoisotopic (exact) mass is 844 g/mol. The van der Waals surface area contributed by atoms with Crippen LogP contribution < -0.4 is 10.6 Å². The molecule has 5 aromatic rings. The first-order valence-electron chi connectivity index (χ1n) is 20.8. The minimum atomic E-state index is -1.40. The molecule has 0 aromatic heterocycles. The van der Waals surface area contributed by atoms with E-state index in [1.54, 1.807) is 32.9 Å². The second-order valence-corrected chi connectivity index (χ2v) is 15.9. The van der Waals surface area contributed by atoms with Crippen LogP contribution in [0.1, 0.15) is 55.0 Å². The molecule has 6 rings (SSSR count). The number of hydrogen-bond donors (Lipinski definition) is 2. The summed E-state index contributed by atoms with van der Waals surface area (Å²) in [4.78, 5) is 40.8. The molecule has 12 nitrogen and oxygen atoms in total. The molecule has 62 heavy (non-hydrogen) atoms. The van der Waals surface area contributed by atoms with E-state index >= 15 is 0 Å². The average molecular weight is 845 g/mol. The van der Waals surface area contributed by atoms with Crippen molar-refractivity contribution in [1.29, 1.82) is 0 Å². The number of amides is 2. The lowest BCUT2D eigenvalue weighted by Crippen LogP contribution is -2.65. The standard InChI is InChI=1S/C50H56N2O10/c1-50(2,3)62-49(55)51-41(48(54)60-34-40-27-17-8-18-28-40)29-43(53)52-47-46(59-33-39-25-15-7-16-26-39)45(58-32-38-23-13-6-14-24-38)44(57-31-37-21-11-5-12-22-37)42(61-47)35-56-30-36-19-9-4-10-20-36/h4-28,41-42,44-47H,29-35H2,1-3H3,(H,51,55)(H,52,53)/t41-,42+,44+,45-,46+,47-/m0/s1. The molecule has 1 fully saturated rings. The summed E-state index contributed by atoms with van der Waals surface area (Å²) >= 11 is 0. The van der Waals surface area contributed by atoms with Gasteiger partial charge in [-0.05, 0) is 48.6 Å². The Labute approximate surface area is 363 Å². The molecule has 1 aliphatic rings. The molecule has 0 spiro atoms. The van der Waals surface area contributed by atoms with Gasteiger partial charge in [-0.2, -0.15) is 0 Å². The van der Waals surface area contributed by atoms with Crippen molar-refractivity contribution in [3.05, 3.63) is 179 Å². The first-order chi connectivity index (χ1) is 30.1. The van der Waals surface area contributed by atoms with Gasteiger partial charge in [0.2, 0.25) is 5.91 Å². The van der Waals surface area contributed by atoms with E-state index in [1.807, 2.05) is 140 Å². The quantitative estimate of drug-likeness (QED) is 0.0746. The highest BCUT2D eigenvalue weighted by Crippen LogP contribution is 2.30. The van der Waals surface area contributed by atoms with Crippen LogP contribution in [0, 0.1) is 0 Å². The molecule has 2 amide bonds. The van der Waals surface area contributed by atoms with E-state index in [0.29, 0.717) is 6.61 Å².